The first kappa shape index (κ1) is 16.3. The molecule has 0 fully saturated rings. The van der Waals surface area contributed by atoms with Crippen molar-refractivity contribution in [3.63, 3.8) is 0 Å². The van der Waals surface area contributed by atoms with Crippen LogP contribution in [0.1, 0.15) is 34.3 Å². The summed E-state index contributed by atoms with van der Waals surface area (Å²) in [7, 11) is 0. The Balaban J connectivity index is 2.00. The summed E-state index contributed by atoms with van der Waals surface area (Å²) in [4.78, 5) is 13.8. The molecule has 0 spiro atoms. The van der Waals surface area contributed by atoms with E-state index in [0.717, 1.165) is 22.1 Å². The van der Waals surface area contributed by atoms with E-state index < -0.39 is 0 Å². The average Bonchev–Trinajstić information content (AvgIpc) is 3.04. The van der Waals surface area contributed by atoms with Crippen molar-refractivity contribution in [3.8, 4) is 0 Å². The molecular weight excluding hydrogens is 372 g/mol. The van der Waals surface area contributed by atoms with E-state index >= 15 is 0 Å². The maximum absolute atomic E-state index is 12.5. The molecule has 5 heteroatoms. The number of carbonyl (C=O) groups excluding carboxylic acids is 1. The fraction of sp³-hybridized carbons (Fsp3) is 0.278. The van der Waals surface area contributed by atoms with Gasteiger partial charge < -0.3 is 9.88 Å². The van der Waals surface area contributed by atoms with Gasteiger partial charge in [0.2, 0.25) is 0 Å². The third-order valence-corrected chi connectivity index (χ3v) is 5.25. The second-order valence-corrected chi connectivity index (χ2v) is 7.81. The molecule has 1 aromatic carbocycles. The zero-order valence-corrected chi connectivity index (χ0v) is 15.6. The van der Waals surface area contributed by atoms with Gasteiger partial charge in [-0.3, -0.25) is 4.79 Å². The zero-order chi connectivity index (χ0) is 16.4. The lowest BCUT2D eigenvalue weighted by Crippen LogP contribution is -2.26. The molecule has 2 heterocycles. The van der Waals surface area contributed by atoms with E-state index in [4.69, 9.17) is 0 Å². The average molecular weight is 391 g/mol. The summed E-state index contributed by atoms with van der Waals surface area (Å²) >= 11 is 5.20. The lowest BCUT2D eigenvalue weighted by Gasteiger charge is -2.11. The molecule has 0 aliphatic carbocycles. The summed E-state index contributed by atoms with van der Waals surface area (Å²) in [5.74, 6) is 0.00464. The van der Waals surface area contributed by atoms with Gasteiger partial charge in [0, 0.05) is 22.4 Å². The number of aryl methyl sites for hydroxylation is 1. The van der Waals surface area contributed by atoms with Crippen LogP contribution in [-0.4, -0.2) is 17.0 Å². The van der Waals surface area contributed by atoms with E-state index in [9.17, 15) is 4.79 Å². The maximum atomic E-state index is 12.5. The van der Waals surface area contributed by atoms with Crippen molar-refractivity contribution >= 4 is 43.4 Å². The number of hydrogen-bond donors (Lipinski definition) is 1. The zero-order valence-electron chi connectivity index (χ0n) is 13.2. The van der Waals surface area contributed by atoms with Crippen molar-refractivity contribution < 1.29 is 4.79 Å². The maximum Gasteiger partial charge on any atom is 0.267 e. The SMILES string of the molecule is CCCNC(=O)c1cc2sc(C)cc2n1Cc1ccc(Br)cc1. The molecule has 0 aliphatic heterocycles. The number of halogens is 1. The van der Waals surface area contributed by atoms with E-state index in [1.165, 1.54) is 15.1 Å². The number of fused-ring (bicyclic) bond motifs is 1. The minimum absolute atomic E-state index is 0.00464. The Hall–Kier alpha value is -1.59. The highest BCUT2D eigenvalue weighted by molar-refractivity contribution is 9.10. The molecule has 0 unspecified atom stereocenters. The summed E-state index contributed by atoms with van der Waals surface area (Å²) in [5.41, 5.74) is 3.05. The van der Waals surface area contributed by atoms with Crippen LogP contribution in [0, 0.1) is 6.92 Å². The molecule has 3 nitrogen and oxygen atoms in total. The number of benzene rings is 1. The minimum atomic E-state index is 0.00464. The van der Waals surface area contributed by atoms with Gasteiger partial charge in [-0.1, -0.05) is 35.0 Å². The third-order valence-electron chi connectivity index (χ3n) is 3.73. The summed E-state index contributed by atoms with van der Waals surface area (Å²) < 4.78 is 4.35. The van der Waals surface area contributed by atoms with Crippen LogP contribution >= 0.6 is 27.3 Å². The van der Waals surface area contributed by atoms with Crippen molar-refractivity contribution in [2.24, 2.45) is 0 Å². The van der Waals surface area contributed by atoms with Crippen LogP contribution in [-0.2, 0) is 6.54 Å². The summed E-state index contributed by atoms with van der Waals surface area (Å²) in [6, 6.07) is 12.4. The molecule has 2 aromatic heterocycles. The van der Waals surface area contributed by atoms with Gasteiger partial charge in [-0.25, -0.2) is 0 Å². The van der Waals surface area contributed by atoms with E-state index in [-0.39, 0.29) is 5.91 Å². The number of rotatable bonds is 5. The Bertz CT molecular complexity index is 833. The highest BCUT2D eigenvalue weighted by atomic mass is 79.9. The molecule has 0 saturated carbocycles. The van der Waals surface area contributed by atoms with Crippen LogP contribution in [0.25, 0.3) is 10.2 Å². The molecule has 0 aliphatic rings. The Morgan fingerprint density at radius 2 is 2.00 bits per heavy atom. The van der Waals surface area contributed by atoms with Crippen LogP contribution in [0.5, 0.6) is 0 Å². The number of nitrogens with one attached hydrogen (secondary N) is 1. The van der Waals surface area contributed by atoms with Gasteiger partial charge in [0.1, 0.15) is 5.69 Å². The quantitative estimate of drug-likeness (QED) is 0.655. The van der Waals surface area contributed by atoms with Crippen LogP contribution in [0.4, 0.5) is 0 Å². The number of carbonyl (C=O) groups is 1. The molecule has 1 N–H and O–H groups in total. The predicted octanol–water partition coefficient (Wildman–Crippen LogP) is 4.96. The number of thiophene rings is 1. The van der Waals surface area contributed by atoms with E-state index in [1.807, 2.05) is 18.2 Å². The van der Waals surface area contributed by atoms with E-state index in [2.05, 4.69) is 57.9 Å². The van der Waals surface area contributed by atoms with Gasteiger partial charge in [0.25, 0.3) is 5.91 Å². The molecule has 3 rings (SSSR count). The molecule has 23 heavy (non-hydrogen) atoms. The topological polar surface area (TPSA) is 34.0 Å². The summed E-state index contributed by atoms with van der Waals surface area (Å²) in [5, 5.41) is 2.99. The van der Waals surface area contributed by atoms with Crippen LogP contribution < -0.4 is 5.32 Å². The highest BCUT2D eigenvalue weighted by Gasteiger charge is 2.17. The number of nitrogens with zero attached hydrogens (tertiary/aromatic N) is 1. The highest BCUT2D eigenvalue weighted by Crippen LogP contribution is 2.29. The Labute approximate surface area is 148 Å². The molecule has 0 saturated heterocycles. The predicted molar refractivity (Wildman–Crippen MR) is 100 cm³/mol. The number of aromatic nitrogens is 1. The lowest BCUT2D eigenvalue weighted by molar-refractivity contribution is 0.0945. The lowest BCUT2D eigenvalue weighted by atomic mass is 10.2. The molecule has 0 atom stereocenters. The second-order valence-electron chi connectivity index (χ2n) is 5.60. The number of amides is 1. The van der Waals surface area contributed by atoms with Crippen molar-refractivity contribution in [3.05, 3.63) is 57.0 Å². The normalized spacial score (nSPS) is 11.1. The Morgan fingerprint density at radius 3 is 2.70 bits per heavy atom. The monoisotopic (exact) mass is 390 g/mol. The van der Waals surface area contributed by atoms with Crippen molar-refractivity contribution in [1.29, 1.82) is 0 Å². The fourth-order valence-electron chi connectivity index (χ4n) is 2.62. The van der Waals surface area contributed by atoms with Gasteiger partial charge in [-0.15, -0.1) is 11.3 Å². The van der Waals surface area contributed by atoms with Crippen molar-refractivity contribution in [1.82, 2.24) is 9.88 Å². The third kappa shape index (κ3) is 3.51. The minimum Gasteiger partial charge on any atom is -0.351 e. The molecule has 3 aromatic rings. The smallest absolute Gasteiger partial charge is 0.267 e. The number of hydrogen-bond acceptors (Lipinski definition) is 2. The van der Waals surface area contributed by atoms with E-state index in [0.29, 0.717) is 13.1 Å². The largest absolute Gasteiger partial charge is 0.351 e. The molecular formula is C18H19BrN2OS. The van der Waals surface area contributed by atoms with Gasteiger partial charge in [-0.05, 0) is 43.2 Å². The summed E-state index contributed by atoms with van der Waals surface area (Å²) in [6.07, 6.45) is 0.937. The van der Waals surface area contributed by atoms with Crippen LogP contribution in [0.2, 0.25) is 0 Å². The van der Waals surface area contributed by atoms with Gasteiger partial charge >= 0.3 is 0 Å². The first-order chi connectivity index (χ1) is 11.1. The second kappa shape index (κ2) is 6.89. The summed E-state index contributed by atoms with van der Waals surface area (Å²) in [6.45, 7) is 5.56. The van der Waals surface area contributed by atoms with E-state index in [1.54, 1.807) is 11.3 Å². The molecule has 120 valence electrons. The van der Waals surface area contributed by atoms with Crippen LogP contribution in [0.15, 0.2) is 40.9 Å². The van der Waals surface area contributed by atoms with Crippen LogP contribution in [0.3, 0.4) is 0 Å². The van der Waals surface area contributed by atoms with Crippen molar-refractivity contribution in [2.75, 3.05) is 6.54 Å². The first-order valence-corrected chi connectivity index (χ1v) is 9.31. The Morgan fingerprint density at radius 1 is 1.26 bits per heavy atom. The molecule has 0 bridgehead atoms. The fourth-order valence-corrected chi connectivity index (χ4v) is 3.85. The first-order valence-electron chi connectivity index (χ1n) is 7.71. The standard InChI is InChI=1S/C18H19BrN2OS/c1-3-8-20-18(22)16-10-17-15(9-12(2)23-17)21(16)11-13-4-6-14(19)7-5-13/h4-7,9-10H,3,8,11H2,1-2H3,(H,20,22). The van der Waals surface area contributed by atoms with Crippen molar-refractivity contribution in [2.45, 2.75) is 26.8 Å². The van der Waals surface area contributed by atoms with Gasteiger partial charge in [-0.2, -0.15) is 0 Å². The van der Waals surface area contributed by atoms with Gasteiger partial charge in [0.05, 0.1) is 10.2 Å². The molecule has 0 radical (unpaired) electrons. The molecule has 1 amide bonds. The van der Waals surface area contributed by atoms with Gasteiger partial charge in [0.15, 0.2) is 0 Å². The Kier molecular flexibility index (Phi) is 4.87.